The number of ether oxygens (including phenoxy) is 1. The Morgan fingerprint density at radius 2 is 2.00 bits per heavy atom. The highest BCUT2D eigenvalue weighted by molar-refractivity contribution is 7.89. The van der Waals surface area contributed by atoms with Crippen molar-refractivity contribution in [2.45, 2.75) is 57.4 Å². The van der Waals surface area contributed by atoms with E-state index in [0.717, 1.165) is 25.7 Å². The molecule has 1 N–H and O–H groups in total. The third-order valence-electron chi connectivity index (χ3n) is 4.90. The van der Waals surface area contributed by atoms with Gasteiger partial charge in [0.1, 0.15) is 5.75 Å². The van der Waals surface area contributed by atoms with Crippen LogP contribution in [0.5, 0.6) is 5.75 Å². The van der Waals surface area contributed by atoms with Crippen LogP contribution in [0.2, 0.25) is 0 Å². The van der Waals surface area contributed by atoms with E-state index in [1.165, 1.54) is 23.5 Å². The van der Waals surface area contributed by atoms with Gasteiger partial charge in [-0.3, -0.25) is 4.79 Å². The molecule has 1 atom stereocenters. The van der Waals surface area contributed by atoms with Gasteiger partial charge in [0.2, 0.25) is 10.0 Å². The highest BCUT2D eigenvalue weighted by Gasteiger charge is 2.29. The van der Waals surface area contributed by atoms with Crippen LogP contribution in [-0.2, 0) is 10.0 Å². The monoisotopic (exact) mass is 382 g/mol. The van der Waals surface area contributed by atoms with Crippen molar-refractivity contribution in [3.63, 3.8) is 0 Å². The minimum atomic E-state index is -3.61. The minimum Gasteiger partial charge on any atom is -0.496 e. The molecule has 26 heavy (non-hydrogen) atoms. The normalized spacial score (nSPS) is 17.7. The molecule has 1 heterocycles. The van der Waals surface area contributed by atoms with Gasteiger partial charge in [-0.15, -0.1) is 0 Å². The van der Waals surface area contributed by atoms with Crippen molar-refractivity contribution in [1.29, 1.82) is 0 Å². The molecule has 1 amide bonds. The van der Waals surface area contributed by atoms with E-state index in [0.29, 0.717) is 24.8 Å². The largest absolute Gasteiger partial charge is 0.496 e. The Hall–Kier alpha value is -1.60. The van der Waals surface area contributed by atoms with Crippen LogP contribution in [0.15, 0.2) is 23.1 Å². The number of piperidine rings is 1. The number of sulfonamides is 1. The molecular formula is C19H30N2O4S. The maximum absolute atomic E-state index is 12.9. The van der Waals surface area contributed by atoms with Gasteiger partial charge in [0, 0.05) is 19.1 Å². The first-order valence-corrected chi connectivity index (χ1v) is 10.7. The van der Waals surface area contributed by atoms with Crippen LogP contribution in [0.1, 0.15) is 56.8 Å². The summed E-state index contributed by atoms with van der Waals surface area (Å²) < 4.78 is 32.7. The molecule has 1 aliphatic rings. The summed E-state index contributed by atoms with van der Waals surface area (Å²) in [5.74, 6) is 0.600. The van der Waals surface area contributed by atoms with Crippen molar-refractivity contribution < 1.29 is 17.9 Å². The Kier molecular flexibility index (Phi) is 7.06. The number of carbonyl (C=O) groups is 1. The molecule has 2 rings (SSSR count). The molecule has 1 aromatic rings. The Morgan fingerprint density at radius 3 is 2.58 bits per heavy atom. The van der Waals surface area contributed by atoms with Crippen molar-refractivity contribution in [3.05, 3.63) is 23.8 Å². The van der Waals surface area contributed by atoms with Gasteiger partial charge in [0.25, 0.3) is 5.91 Å². The van der Waals surface area contributed by atoms with Crippen LogP contribution < -0.4 is 10.1 Å². The van der Waals surface area contributed by atoms with E-state index < -0.39 is 10.0 Å². The van der Waals surface area contributed by atoms with Gasteiger partial charge in [-0.1, -0.05) is 20.3 Å². The van der Waals surface area contributed by atoms with Gasteiger partial charge in [0.15, 0.2) is 0 Å². The number of nitrogens with one attached hydrogen (secondary N) is 1. The third-order valence-corrected chi connectivity index (χ3v) is 6.79. The highest BCUT2D eigenvalue weighted by Crippen LogP contribution is 2.27. The van der Waals surface area contributed by atoms with E-state index in [9.17, 15) is 13.2 Å². The first kappa shape index (κ1) is 20.7. The summed E-state index contributed by atoms with van der Waals surface area (Å²) >= 11 is 0. The van der Waals surface area contributed by atoms with Crippen LogP contribution in [0, 0.1) is 5.92 Å². The smallest absolute Gasteiger partial charge is 0.255 e. The lowest BCUT2D eigenvalue weighted by Gasteiger charge is -2.29. The van der Waals surface area contributed by atoms with Gasteiger partial charge < -0.3 is 10.1 Å². The number of carbonyl (C=O) groups excluding carboxylic acids is 1. The maximum Gasteiger partial charge on any atom is 0.255 e. The predicted octanol–water partition coefficient (Wildman–Crippen LogP) is 3.03. The lowest BCUT2D eigenvalue weighted by Crippen LogP contribution is -2.38. The van der Waals surface area contributed by atoms with Crippen molar-refractivity contribution in [3.8, 4) is 5.75 Å². The summed E-state index contributed by atoms with van der Waals surface area (Å²) in [6.07, 6.45) is 3.53. The van der Waals surface area contributed by atoms with Gasteiger partial charge in [-0.05, 0) is 50.3 Å². The van der Waals surface area contributed by atoms with Gasteiger partial charge >= 0.3 is 0 Å². The zero-order valence-electron chi connectivity index (χ0n) is 16.1. The molecule has 0 aromatic heterocycles. The van der Waals surface area contributed by atoms with Crippen molar-refractivity contribution in [2.75, 3.05) is 20.2 Å². The van der Waals surface area contributed by atoms with E-state index in [1.807, 2.05) is 6.92 Å². The highest BCUT2D eigenvalue weighted by atomic mass is 32.2. The predicted molar refractivity (Wildman–Crippen MR) is 102 cm³/mol. The average molecular weight is 383 g/mol. The zero-order valence-corrected chi connectivity index (χ0v) is 16.9. The van der Waals surface area contributed by atoms with Gasteiger partial charge in [-0.25, -0.2) is 8.42 Å². The molecule has 0 radical (unpaired) electrons. The second kappa shape index (κ2) is 8.86. The summed E-state index contributed by atoms with van der Waals surface area (Å²) in [6.45, 7) is 7.16. The molecule has 7 heteroatoms. The summed E-state index contributed by atoms with van der Waals surface area (Å²) in [7, 11) is -2.13. The molecule has 0 saturated carbocycles. The number of nitrogens with zero attached hydrogens (tertiary/aromatic N) is 1. The lowest BCUT2D eigenvalue weighted by atomic mass is 10.0. The Labute approximate surface area is 157 Å². The fourth-order valence-corrected chi connectivity index (χ4v) is 4.70. The van der Waals surface area contributed by atoms with Crippen molar-refractivity contribution >= 4 is 15.9 Å². The van der Waals surface area contributed by atoms with Gasteiger partial charge in [0.05, 0.1) is 17.6 Å². The van der Waals surface area contributed by atoms with Crippen LogP contribution in [0.3, 0.4) is 0 Å². The fraction of sp³-hybridized carbons (Fsp3) is 0.632. The van der Waals surface area contributed by atoms with Crippen molar-refractivity contribution in [2.24, 2.45) is 5.92 Å². The lowest BCUT2D eigenvalue weighted by molar-refractivity contribution is 0.0935. The summed E-state index contributed by atoms with van der Waals surface area (Å²) in [4.78, 5) is 12.7. The number of methoxy groups -OCH3 is 1. The van der Waals surface area contributed by atoms with Crippen LogP contribution in [0.4, 0.5) is 0 Å². The van der Waals surface area contributed by atoms with Gasteiger partial charge in [-0.2, -0.15) is 4.31 Å². The van der Waals surface area contributed by atoms with Crippen LogP contribution in [-0.4, -0.2) is 44.9 Å². The molecule has 0 spiro atoms. The molecule has 1 saturated heterocycles. The zero-order chi connectivity index (χ0) is 19.3. The Bertz CT molecular complexity index is 725. The minimum absolute atomic E-state index is 0.0149. The van der Waals surface area contributed by atoms with E-state index in [-0.39, 0.29) is 22.4 Å². The Morgan fingerprint density at radius 1 is 1.35 bits per heavy atom. The summed E-state index contributed by atoms with van der Waals surface area (Å²) in [5.41, 5.74) is 0.252. The third kappa shape index (κ3) is 4.76. The standard InChI is InChI=1S/C19H30N2O4S/c1-5-6-15(3)20-19(22)17-13-16(7-8-18(17)25-4)26(23,24)21-11-9-14(2)10-12-21/h7-8,13-15H,5-6,9-12H2,1-4H3,(H,20,22)/t15-/m0/s1. The molecule has 0 unspecified atom stereocenters. The number of hydrogen-bond donors (Lipinski definition) is 1. The SMILES string of the molecule is CCC[C@H](C)NC(=O)c1cc(S(=O)(=O)N2CCC(C)CC2)ccc1OC. The molecular weight excluding hydrogens is 352 g/mol. The molecule has 146 valence electrons. The van der Waals surface area contributed by atoms with E-state index in [2.05, 4.69) is 19.2 Å². The van der Waals surface area contributed by atoms with E-state index in [1.54, 1.807) is 6.07 Å². The molecule has 0 aliphatic carbocycles. The number of rotatable bonds is 7. The maximum atomic E-state index is 12.9. The van der Waals surface area contributed by atoms with Crippen LogP contribution >= 0.6 is 0 Å². The summed E-state index contributed by atoms with van der Waals surface area (Å²) in [5, 5.41) is 2.91. The Balaban J connectivity index is 2.29. The molecule has 0 bridgehead atoms. The second-order valence-corrected chi connectivity index (χ2v) is 9.05. The quantitative estimate of drug-likeness (QED) is 0.786. The molecule has 6 nitrogen and oxygen atoms in total. The molecule has 1 fully saturated rings. The van der Waals surface area contributed by atoms with E-state index in [4.69, 9.17) is 4.74 Å². The first-order valence-electron chi connectivity index (χ1n) is 9.28. The summed E-state index contributed by atoms with van der Waals surface area (Å²) in [6, 6.07) is 4.51. The van der Waals surface area contributed by atoms with E-state index >= 15 is 0 Å². The molecule has 1 aromatic carbocycles. The average Bonchev–Trinajstić information content (AvgIpc) is 2.61. The number of hydrogen-bond acceptors (Lipinski definition) is 4. The number of amides is 1. The number of benzene rings is 1. The topological polar surface area (TPSA) is 75.7 Å². The fourth-order valence-electron chi connectivity index (χ4n) is 3.21. The molecule has 1 aliphatic heterocycles. The first-order chi connectivity index (χ1) is 12.3. The van der Waals surface area contributed by atoms with Crippen LogP contribution in [0.25, 0.3) is 0 Å². The van der Waals surface area contributed by atoms with Crippen molar-refractivity contribution in [1.82, 2.24) is 9.62 Å². The second-order valence-electron chi connectivity index (χ2n) is 7.11.